The summed E-state index contributed by atoms with van der Waals surface area (Å²) in [6.45, 7) is 0.713. The van der Waals surface area contributed by atoms with Crippen LogP contribution < -0.4 is 5.32 Å². The van der Waals surface area contributed by atoms with Gasteiger partial charge in [0.05, 0.1) is 15.8 Å². The lowest BCUT2D eigenvalue weighted by Crippen LogP contribution is -2.39. The summed E-state index contributed by atoms with van der Waals surface area (Å²) < 4.78 is 45.9. The second kappa shape index (κ2) is 9.21. The number of methoxy groups -OCH3 is 1. The first-order chi connectivity index (χ1) is 13.3. The lowest BCUT2D eigenvalue weighted by Gasteiger charge is -2.35. The SMILES string of the molecule is COCCN(C)[C@H]1CC[C@H](Nc2cccc3c2cc(I)n3CC(F)(F)F)CC1. The first-order valence-corrected chi connectivity index (χ1v) is 10.7. The Balaban J connectivity index is 1.68. The standard InChI is InChI=1S/C20H27F3IN3O/c1-26(10-11-28-2)15-8-6-14(7-9-15)25-17-4-3-5-18-16(17)12-19(24)27(18)13-20(21,22)23/h3-5,12,14-15,25H,6-11,13H2,1-2H3/t14-,15-. The molecule has 1 N–H and O–H groups in total. The summed E-state index contributed by atoms with van der Waals surface area (Å²) in [5.41, 5.74) is 1.55. The number of ether oxygens (including phenoxy) is 1. The smallest absolute Gasteiger partial charge is 0.383 e. The van der Waals surface area contributed by atoms with Gasteiger partial charge in [-0.25, -0.2) is 0 Å². The average Bonchev–Trinajstić information content (AvgIpc) is 2.95. The number of hydrogen-bond acceptors (Lipinski definition) is 3. The Bertz CT molecular complexity index is 785. The third-order valence-electron chi connectivity index (χ3n) is 5.56. The summed E-state index contributed by atoms with van der Waals surface area (Å²) in [5, 5.41) is 4.45. The van der Waals surface area contributed by atoms with Gasteiger partial charge in [0.25, 0.3) is 0 Å². The zero-order valence-corrected chi connectivity index (χ0v) is 18.4. The van der Waals surface area contributed by atoms with Crippen molar-refractivity contribution in [3.05, 3.63) is 28.0 Å². The number of nitrogens with one attached hydrogen (secondary N) is 1. The van der Waals surface area contributed by atoms with Crippen LogP contribution in [0.1, 0.15) is 25.7 Å². The number of rotatable bonds is 7. The molecule has 1 aromatic heterocycles. The minimum Gasteiger partial charge on any atom is -0.383 e. The van der Waals surface area contributed by atoms with Crippen LogP contribution in [0.3, 0.4) is 0 Å². The fourth-order valence-corrected chi connectivity index (χ4v) is 4.76. The normalized spacial score (nSPS) is 20.8. The number of fused-ring (bicyclic) bond motifs is 1. The topological polar surface area (TPSA) is 29.4 Å². The zero-order valence-electron chi connectivity index (χ0n) is 16.2. The van der Waals surface area contributed by atoms with Crippen molar-refractivity contribution in [1.82, 2.24) is 9.47 Å². The van der Waals surface area contributed by atoms with Crippen molar-refractivity contribution in [2.45, 2.75) is 50.5 Å². The second-order valence-electron chi connectivity index (χ2n) is 7.53. The van der Waals surface area contributed by atoms with E-state index in [1.165, 1.54) is 4.57 Å². The molecule has 156 valence electrons. The molecule has 0 bridgehead atoms. The Kier molecular flexibility index (Phi) is 7.14. The number of halogens is 4. The van der Waals surface area contributed by atoms with Crippen molar-refractivity contribution in [2.75, 3.05) is 32.6 Å². The maximum absolute atomic E-state index is 12.9. The van der Waals surface area contributed by atoms with Gasteiger partial charge in [0, 0.05) is 36.8 Å². The molecule has 0 radical (unpaired) electrons. The number of nitrogens with zero attached hydrogens (tertiary/aromatic N) is 2. The first-order valence-electron chi connectivity index (χ1n) is 9.58. The summed E-state index contributed by atoms with van der Waals surface area (Å²) in [6, 6.07) is 8.31. The van der Waals surface area contributed by atoms with E-state index < -0.39 is 12.7 Å². The van der Waals surface area contributed by atoms with Crippen LogP contribution in [0.2, 0.25) is 0 Å². The van der Waals surface area contributed by atoms with E-state index in [0.29, 0.717) is 21.3 Å². The highest BCUT2D eigenvalue weighted by Crippen LogP contribution is 2.33. The molecule has 1 aromatic carbocycles. The highest BCUT2D eigenvalue weighted by Gasteiger charge is 2.30. The van der Waals surface area contributed by atoms with Crippen molar-refractivity contribution >= 4 is 39.2 Å². The van der Waals surface area contributed by atoms with Crippen LogP contribution in [0.25, 0.3) is 10.9 Å². The Labute approximate surface area is 177 Å². The molecule has 1 saturated carbocycles. The van der Waals surface area contributed by atoms with Gasteiger partial charge >= 0.3 is 6.18 Å². The molecule has 1 aliphatic carbocycles. The molecule has 0 atom stereocenters. The number of alkyl halides is 3. The Morgan fingerprint density at radius 3 is 2.61 bits per heavy atom. The molecule has 0 aliphatic heterocycles. The van der Waals surface area contributed by atoms with Gasteiger partial charge in [0.15, 0.2) is 0 Å². The van der Waals surface area contributed by atoms with Crippen LogP contribution >= 0.6 is 22.6 Å². The largest absolute Gasteiger partial charge is 0.406 e. The lowest BCUT2D eigenvalue weighted by molar-refractivity contribution is -0.140. The van der Waals surface area contributed by atoms with Crippen LogP contribution in [-0.4, -0.2) is 55.0 Å². The quantitative estimate of drug-likeness (QED) is 0.527. The van der Waals surface area contributed by atoms with Gasteiger partial charge < -0.3 is 19.5 Å². The highest BCUT2D eigenvalue weighted by molar-refractivity contribution is 14.1. The Hall–Kier alpha value is -1.00. The molecular formula is C20H27F3IN3O. The Morgan fingerprint density at radius 2 is 1.96 bits per heavy atom. The zero-order chi connectivity index (χ0) is 20.3. The van der Waals surface area contributed by atoms with Crippen molar-refractivity contribution in [3.8, 4) is 0 Å². The molecule has 1 heterocycles. The molecule has 3 rings (SSSR count). The predicted octanol–water partition coefficient (Wildman–Crippen LogP) is 5.11. The molecule has 8 heteroatoms. The summed E-state index contributed by atoms with van der Waals surface area (Å²) in [4.78, 5) is 2.36. The second-order valence-corrected chi connectivity index (χ2v) is 8.64. The van der Waals surface area contributed by atoms with E-state index in [-0.39, 0.29) is 0 Å². The monoisotopic (exact) mass is 509 g/mol. The maximum Gasteiger partial charge on any atom is 0.406 e. The molecule has 0 saturated heterocycles. The number of anilines is 1. The molecule has 0 unspecified atom stereocenters. The summed E-state index contributed by atoms with van der Waals surface area (Å²) in [5.74, 6) is 0. The van der Waals surface area contributed by atoms with E-state index in [1.54, 1.807) is 13.2 Å². The molecule has 0 amide bonds. The molecular weight excluding hydrogens is 482 g/mol. The van der Waals surface area contributed by atoms with E-state index >= 15 is 0 Å². The Morgan fingerprint density at radius 1 is 1.25 bits per heavy atom. The van der Waals surface area contributed by atoms with Crippen LogP contribution in [0, 0.1) is 3.70 Å². The third-order valence-corrected chi connectivity index (χ3v) is 6.45. The van der Waals surface area contributed by atoms with Crippen molar-refractivity contribution in [2.24, 2.45) is 0 Å². The van der Waals surface area contributed by atoms with Gasteiger partial charge in [-0.05, 0) is 73.5 Å². The molecule has 4 nitrogen and oxygen atoms in total. The number of likely N-dealkylation sites (N-methyl/N-ethyl adjacent to an activating group) is 1. The van der Waals surface area contributed by atoms with Crippen LogP contribution in [0.15, 0.2) is 24.3 Å². The summed E-state index contributed by atoms with van der Waals surface area (Å²) >= 11 is 1.98. The molecule has 28 heavy (non-hydrogen) atoms. The van der Waals surface area contributed by atoms with E-state index in [2.05, 4.69) is 17.3 Å². The number of benzene rings is 1. The van der Waals surface area contributed by atoms with Gasteiger partial charge in [-0.1, -0.05) is 6.07 Å². The first kappa shape index (κ1) is 21.7. The van der Waals surface area contributed by atoms with Gasteiger partial charge in [-0.15, -0.1) is 0 Å². The van der Waals surface area contributed by atoms with Gasteiger partial charge in [0.1, 0.15) is 6.54 Å². The predicted molar refractivity (Wildman–Crippen MR) is 115 cm³/mol. The lowest BCUT2D eigenvalue weighted by atomic mass is 9.90. The van der Waals surface area contributed by atoms with Gasteiger partial charge in [-0.2, -0.15) is 13.2 Å². The van der Waals surface area contributed by atoms with Crippen LogP contribution in [0.4, 0.5) is 18.9 Å². The van der Waals surface area contributed by atoms with Crippen LogP contribution in [0.5, 0.6) is 0 Å². The molecule has 0 spiro atoms. The average molecular weight is 509 g/mol. The van der Waals surface area contributed by atoms with Gasteiger partial charge in [-0.3, -0.25) is 0 Å². The maximum atomic E-state index is 12.9. The third kappa shape index (κ3) is 5.33. The fraction of sp³-hybridized carbons (Fsp3) is 0.600. The van der Waals surface area contributed by atoms with E-state index in [9.17, 15) is 13.2 Å². The molecule has 1 fully saturated rings. The van der Waals surface area contributed by atoms with E-state index in [1.807, 2.05) is 40.8 Å². The van der Waals surface area contributed by atoms with Crippen molar-refractivity contribution < 1.29 is 17.9 Å². The number of hydrogen-bond donors (Lipinski definition) is 1. The van der Waals surface area contributed by atoms with Gasteiger partial charge in [0.2, 0.25) is 0 Å². The minimum absolute atomic E-state index is 0.348. The number of aromatic nitrogens is 1. The van der Waals surface area contributed by atoms with E-state index in [0.717, 1.165) is 49.9 Å². The van der Waals surface area contributed by atoms with E-state index in [4.69, 9.17) is 4.74 Å². The molecule has 1 aliphatic rings. The summed E-state index contributed by atoms with van der Waals surface area (Å²) in [6.07, 6.45) is 0.0982. The van der Waals surface area contributed by atoms with Crippen LogP contribution in [-0.2, 0) is 11.3 Å². The highest BCUT2D eigenvalue weighted by atomic mass is 127. The van der Waals surface area contributed by atoms with Crippen molar-refractivity contribution in [3.63, 3.8) is 0 Å². The fourth-order valence-electron chi connectivity index (χ4n) is 4.02. The summed E-state index contributed by atoms with van der Waals surface area (Å²) in [7, 11) is 3.86. The minimum atomic E-state index is -4.23. The molecule has 2 aromatic rings. The van der Waals surface area contributed by atoms with Crippen molar-refractivity contribution in [1.29, 1.82) is 0 Å².